The number of rotatable bonds is 3. The maximum atomic E-state index is 12.6. The summed E-state index contributed by atoms with van der Waals surface area (Å²) >= 11 is 0. The molecule has 24 heavy (non-hydrogen) atoms. The van der Waals surface area contributed by atoms with Gasteiger partial charge in [-0.2, -0.15) is 5.26 Å². The normalized spacial score (nSPS) is 23.0. The molecule has 2 aliphatic rings. The van der Waals surface area contributed by atoms with Crippen LogP contribution in [0, 0.1) is 17.2 Å². The van der Waals surface area contributed by atoms with Crippen LogP contribution in [0.1, 0.15) is 36.8 Å². The SMILES string of the molecule is N#Cc1cccc(CN2CCN(C(=O)C3CCCC3)C[C@H](O)C2)c1. The number of amides is 1. The van der Waals surface area contributed by atoms with Gasteiger partial charge in [0.15, 0.2) is 0 Å². The van der Waals surface area contributed by atoms with E-state index in [9.17, 15) is 9.90 Å². The van der Waals surface area contributed by atoms with Crippen molar-refractivity contribution in [1.29, 1.82) is 5.26 Å². The number of aliphatic hydroxyl groups is 1. The summed E-state index contributed by atoms with van der Waals surface area (Å²) in [5.41, 5.74) is 1.72. The first kappa shape index (κ1) is 16.9. The summed E-state index contributed by atoms with van der Waals surface area (Å²) in [6, 6.07) is 9.73. The van der Waals surface area contributed by atoms with Crippen molar-refractivity contribution in [1.82, 2.24) is 9.80 Å². The molecule has 1 aromatic carbocycles. The number of nitriles is 1. The molecule has 2 fully saturated rings. The lowest BCUT2D eigenvalue weighted by molar-refractivity contribution is -0.136. The maximum absolute atomic E-state index is 12.6. The van der Waals surface area contributed by atoms with Crippen LogP contribution in [0.2, 0.25) is 0 Å². The van der Waals surface area contributed by atoms with Crippen LogP contribution >= 0.6 is 0 Å². The Morgan fingerprint density at radius 1 is 1.25 bits per heavy atom. The number of β-amino-alcohol motifs (C(OH)–C–C–N with tert-alkyl or cyclic N) is 1. The molecule has 1 atom stereocenters. The highest BCUT2D eigenvalue weighted by atomic mass is 16.3. The molecule has 5 heteroatoms. The molecule has 1 saturated heterocycles. The second-order valence-electron chi connectivity index (χ2n) is 6.97. The lowest BCUT2D eigenvalue weighted by Crippen LogP contribution is -2.40. The molecule has 0 aromatic heterocycles. The summed E-state index contributed by atoms with van der Waals surface area (Å²) in [7, 11) is 0. The lowest BCUT2D eigenvalue weighted by Gasteiger charge is -2.25. The zero-order valence-electron chi connectivity index (χ0n) is 14.0. The third-order valence-corrected chi connectivity index (χ3v) is 5.06. The molecule has 1 saturated carbocycles. The Morgan fingerprint density at radius 2 is 2.04 bits per heavy atom. The van der Waals surface area contributed by atoms with Crippen molar-refractivity contribution in [2.24, 2.45) is 5.92 Å². The van der Waals surface area contributed by atoms with Crippen molar-refractivity contribution in [3.63, 3.8) is 0 Å². The summed E-state index contributed by atoms with van der Waals surface area (Å²) in [6.45, 7) is 3.12. The number of carbonyl (C=O) groups is 1. The van der Waals surface area contributed by atoms with Crippen LogP contribution in [0.4, 0.5) is 0 Å². The average molecular weight is 327 g/mol. The molecule has 1 N–H and O–H groups in total. The number of aliphatic hydroxyl groups excluding tert-OH is 1. The molecule has 1 aliphatic carbocycles. The van der Waals surface area contributed by atoms with Crippen LogP contribution in [-0.2, 0) is 11.3 Å². The van der Waals surface area contributed by atoms with Gasteiger partial charge >= 0.3 is 0 Å². The van der Waals surface area contributed by atoms with Gasteiger partial charge in [-0.3, -0.25) is 9.69 Å². The van der Waals surface area contributed by atoms with E-state index in [4.69, 9.17) is 5.26 Å². The summed E-state index contributed by atoms with van der Waals surface area (Å²) in [4.78, 5) is 16.6. The van der Waals surface area contributed by atoms with Crippen LogP contribution in [0.3, 0.4) is 0 Å². The molecule has 0 bridgehead atoms. The van der Waals surface area contributed by atoms with Crippen LogP contribution in [0.5, 0.6) is 0 Å². The first-order valence-corrected chi connectivity index (χ1v) is 8.84. The number of hydrogen-bond donors (Lipinski definition) is 1. The van der Waals surface area contributed by atoms with Crippen molar-refractivity contribution in [2.45, 2.75) is 38.3 Å². The smallest absolute Gasteiger partial charge is 0.225 e. The van der Waals surface area contributed by atoms with Gasteiger partial charge in [0.2, 0.25) is 5.91 Å². The predicted molar refractivity (Wildman–Crippen MR) is 91.0 cm³/mol. The van der Waals surface area contributed by atoms with E-state index in [0.717, 1.165) is 37.8 Å². The molecule has 0 unspecified atom stereocenters. The number of benzene rings is 1. The van der Waals surface area contributed by atoms with Crippen LogP contribution in [0.25, 0.3) is 0 Å². The Kier molecular flexibility index (Phi) is 5.49. The molecule has 1 heterocycles. The standard InChI is InChI=1S/C19H25N3O2/c20-11-15-4-3-5-16(10-15)12-21-8-9-22(14-18(23)13-21)19(24)17-6-1-2-7-17/h3-5,10,17-18,23H,1-2,6-9,12-14H2/t18-/m1/s1. The lowest BCUT2D eigenvalue weighted by atomic mass is 10.1. The topological polar surface area (TPSA) is 67.6 Å². The fraction of sp³-hybridized carbons (Fsp3) is 0.579. The number of nitrogens with zero attached hydrogens (tertiary/aromatic N) is 3. The summed E-state index contributed by atoms with van der Waals surface area (Å²) in [6.07, 6.45) is 3.77. The first-order chi connectivity index (χ1) is 11.7. The fourth-order valence-corrected chi connectivity index (χ4v) is 3.83. The van der Waals surface area contributed by atoms with Crippen LogP contribution < -0.4 is 0 Å². The maximum Gasteiger partial charge on any atom is 0.225 e. The molecule has 1 amide bonds. The molecule has 128 valence electrons. The van der Waals surface area contributed by atoms with Gasteiger partial charge in [0, 0.05) is 38.6 Å². The van der Waals surface area contributed by atoms with Crippen molar-refractivity contribution in [3.05, 3.63) is 35.4 Å². The Hall–Kier alpha value is -1.90. The van der Waals surface area contributed by atoms with E-state index in [1.54, 1.807) is 6.07 Å². The Balaban J connectivity index is 1.61. The largest absolute Gasteiger partial charge is 0.390 e. The molecule has 1 aliphatic heterocycles. The Morgan fingerprint density at radius 3 is 2.79 bits per heavy atom. The minimum atomic E-state index is -0.517. The van der Waals surface area contributed by atoms with Gasteiger partial charge in [0.1, 0.15) is 0 Å². The van der Waals surface area contributed by atoms with E-state index in [1.165, 1.54) is 0 Å². The molecular weight excluding hydrogens is 302 g/mol. The molecule has 5 nitrogen and oxygen atoms in total. The van der Waals surface area contributed by atoms with Crippen molar-refractivity contribution in [3.8, 4) is 6.07 Å². The highest BCUT2D eigenvalue weighted by molar-refractivity contribution is 5.79. The first-order valence-electron chi connectivity index (χ1n) is 8.84. The van der Waals surface area contributed by atoms with Gasteiger partial charge in [0.25, 0.3) is 0 Å². The van der Waals surface area contributed by atoms with E-state index in [-0.39, 0.29) is 11.8 Å². The monoisotopic (exact) mass is 327 g/mol. The quantitative estimate of drug-likeness (QED) is 0.918. The average Bonchev–Trinajstić information content (AvgIpc) is 3.06. The van der Waals surface area contributed by atoms with E-state index in [2.05, 4.69) is 11.0 Å². The van der Waals surface area contributed by atoms with Gasteiger partial charge in [0.05, 0.1) is 17.7 Å². The Bertz CT molecular complexity index is 619. The van der Waals surface area contributed by atoms with Gasteiger partial charge in [-0.25, -0.2) is 0 Å². The van der Waals surface area contributed by atoms with Gasteiger partial charge in [-0.15, -0.1) is 0 Å². The van der Waals surface area contributed by atoms with Crippen molar-refractivity contribution < 1.29 is 9.90 Å². The van der Waals surface area contributed by atoms with Crippen LogP contribution in [0.15, 0.2) is 24.3 Å². The van der Waals surface area contributed by atoms with Crippen LogP contribution in [-0.4, -0.2) is 53.1 Å². The summed E-state index contributed by atoms with van der Waals surface area (Å²) in [5.74, 6) is 0.385. The van der Waals surface area contributed by atoms with E-state index in [0.29, 0.717) is 31.7 Å². The van der Waals surface area contributed by atoms with E-state index < -0.39 is 6.10 Å². The highest BCUT2D eigenvalue weighted by Gasteiger charge is 2.30. The third kappa shape index (κ3) is 4.14. The highest BCUT2D eigenvalue weighted by Crippen LogP contribution is 2.27. The second kappa shape index (κ2) is 7.78. The molecule has 1 aromatic rings. The Labute approximate surface area is 143 Å². The third-order valence-electron chi connectivity index (χ3n) is 5.06. The predicted octanol–water partition coefficient (Wildman–Crippen LogP) is 1.75. The zero-order chi connectivity index (χ0) is 16.9. The minimum absolute atomic E-state index is 0.163. The number of hydrogen-bond acceptors (Lipinski definition) is 4. The van der Waals surface area contributed by atoms with Gasteiger partial charge in [-0.05, 0) is 30.5 Å². The second-order valence-corrected chi connectivity index (χ2v) is 6.97. The van der Waals surface area contributed by atoms with Crippen molar-refractivity contribution >= 4 is 5.91 Å². The fourth-order valence-electron chi connectivity index (χ4n) is 3.83. The zero-order valence-corrected chi connectivity index (χ0v) is 14.0. The summed E-state index contributed by atoms with van der Waals surface area (Å²) < 4.78 is 0. The molecule has 0 spiro atoms. The molecular formula is C19H25N3O2. The minimum Gasteiger partial charge on any atom is -0.390 e. The van der Waals surface area contributed by atoms with Gasteiger partial charge < -0.3 is 10.0 Å². The van der Waals surface area contributed by atoms with Crippen molar-refractivity contribution in [2.75, 3.05) is 26.2 Å². The van der Waals surface area contributed by atoms with E-state index >= 15 is 0 Å². The van der Waals surface area contributed by atoms with Gasteiger partial charge in [-0.1, -0.05) is 25.0 Å². The molecule has 3 rings (SSSR count). The summed E-state index contributed by atoms with van der Waals surface area (Å²) in [5, 5.41) is 19.3. The molecule has 0 radical (unpaired) electrons. The number of carbonyl (C=O) groups excluding carboxylic acids is 1. The van der Waals surface area contributed by atoms with E-state index in [1.807, 2.05) is 23.1 Å².